The monoisotopic (exact) mass is 428 g/mol. The number of anilines is 1. The lowest BCUT2D eigenvalue weighted by atomic mass is 9.83. The van der Waals surface area contributed by atoms with Gasteiger partial charge in [0.25, 0.3) is 0 Å². The predicted octanol–water partition coefficient (Wildman–Crippen LogP) is 4.33. The van der Waals surface area contributed by atoms with Crippen LogP contribution in [0.3, 0.4) is 0 Å². The summed E-state index contributed by atoms with van der Waals surface area (Å²) in [5.74, 6) is 1.57. The lowest BCUT2D eigenvalue weighted by Crippen LogP contribution is -2.27. The average molecular weight is 429 g/mol. The Morgan fingerprint density at radius 3 is 2.35 bits per heavy atom. The molecule has 1 atom stereocenters. The first kappa shape index (κ1) is 22.2. The van der Waals surface area contributed by atoms with Crippen molar-refractivity contribution < 1.29 is 14.9 Å². The molecule has 2 heterocycles. The highest BCUT2D eigenvalue weighted by Gasteiger charge is 2.26. The van der Waals surface area contributed by atoms with Gasteiger partial charge in [-0.1, -0.05) is 13.3 Å². The number of rotatable bonds is 7. The molecule has 0 aliphatic heterocycles. The van der Waals surface area contributed by atoms with Gasteiger partial charge in [0.05, 0.1) is 23.1 Å². The van der Waals surface area contributed by atoms with Crippen LogP contribution in [-0.4, -0.2) is 49.5 Å². The van der Waals surface area contributed by atoms with Crippen LogP contribution in [-0.2, 0) is 0 Å². The Hall–Kier alpha value is -1.99. The third-order valence-electron chi connectivity index (χ3n) is 6.77. The zero-order valence-electron chi connectivity index (χ0n) is 18.8. The Kier molecular flexibility index (Phi) is 7.23. The molecule has 0 bridgehead atoms. The predicted molar refractivity (Wildman–Crippen MR) is 121 cm³/mol. The van der Waals surface area contributed by atoms with Gasteiger partial charge in [0.15, 0.2) is 0 Å². The van der Waals surface area contributed by atoms with Gasteiger partial charge in [0.1, 0.15) is 6.10 Å². The quantitative estimate of drug-likeness (QED) is 0.603. The van der Waals surface area contributed by atoms with Crippen molar-refractivity contribution in [3.63, 3.8) is 0 Å². The second-order valence-corrected chi connectivity index (χ2v) is 9.36. The van der Waals surface area contributed by atoms with Crippen molar-refractivity contribution in [1.82, 2.24) is 15.0 Å². The van der Waals surface area contributed by atoms with E-state index < -0.39 is 0 Å². The molecular formula is C24H36N4O3. The molecule has 0 aromatic carbocycles. The number of fused-ring (bicyclic) bond motifs is 1. The maximum absolute atomic E-state index is 9.94. The molecule has 0 amide bonds. The minimum atomic E-state index is -0.212. The van der Waals surface area contributed by atoms with Crippen LogP contribution < -0.4 is 10.1 Å². The molecule has 0 spiro atoms. The topological polar surface area (TPSA) is 100 Å². The Balaban J connectivity index is 1.65. The van der Waals surface area contributed by atoms with Crippen molar-refractivity contribution in [3.8, 4) is 5.88 Å². The summed E-state index contributed by atoms with van der Waals surface area (Å²) in [6, 6.07) is 0.307. The summed E-state index contributed by atoms with van der Waals surface area (Å²) in [4.78, 5) is 14.2. The molecule has 31 heavy (non-hydrogen) atoms. The molecule has 0 radical (unpaired) electrons. The van der Waals surface area contributed by atoms with Gasteiger partial charge in [0.2, 0.25) is 11.8 Å². The van der Waals surface area contributed by atoms with Crippen LogP contribution in [0.2, 0.25) is 0 Å². The van der Waals surface area contributed by atoms with Gasteiger partial charge in [-0.15, -0.1) is 0 Å². The summed E-state index contributed by atoms with van der Waals surface area (Å²) in [5, 5.41) is 24.0. The Morgan fingerprint density at radius 2 is 1.68 bits per heavy atom. The highest BCUT2D eigenvalue weighted by Crippen LogP contribution is 2.38. The Bertz CT molecular complexity index is 861. The van der Waals surface area contributed by atoms with Gasteiger partial charge >= 0.3 is 0 Å². The fourth-order valence-electron chi connectivity index (χ4n) is 4.91. The number of pyridine rings is 1. The van der Waals surface area contributed by atoms with Crippen molar-refractivity contribution in [2.24, 2.45) is 0 Å². The molecule has 2 aliphatic carbocycles. The van der Waals surface area contributed by atoms with Gasteiger partial charge in [-0.3, -0.25) is 0 Å². The van der Waals surface area contributed by atoms with Crippen LogP contribution in [0.15, 0.2) is 12.4 Å². The summed E-state index contributed by atoms with van der Waals surface area (Å²) >= 11 is 0. The minimum absolute atomic E-state index is 0.0668. The van der Waals surface area contributed by atoms with E-state index in [-0.39, 0.29) is 18.3 Å². The number of aliphatic hydroxyl groups is 2. The highest BCUT2D eigenvalue weighted by molar-refractivity contribution is 5.86. The van der Waals surface area contributed by atoms with E-state index in [0.29, 0.717) is 23.8 Å². The first-order valence-electron chi connectivity index (χ1n) is 12.0. The van der Waals surface area contributed by atoms with Gasteiger partial charge in [-0.25, -0.2) is 15.0 Å². The van der Waals surface area contributed by atoms with Crippen LogP contribution in [0.1, 0.15) is 89.5 Å². The highest BCUT2D eigenvalue weighted by atomic mass is 16.5. The minimum Gasteiger partial charge on any atom is -0.474 e. The number of ether oxygens (including phenoxy) is 1. The molecule has 0 saturated heterocycles. The number of hydrogen-bond donors (Lipinski definition) is 3. The van der Waals surface area contributed by atoms with Crippen LogP contribution in [0.4, 0.5) is 5.95 Å². The van der Waals surface area contributed by atoms with E-state index in [1.807, 2.05) is 12.4 Å². The van der Waals surface area contributed by atoms with Crippen LogP contribution in [0, 0.1) is 0 Å². The first-order chi connectivity index (χ1) is 15.0. The van der Waals surface area contributed by atoms with E-state index in [2.05, 4.69) is 29.1 Å². The normalized spacial score (nSPS) is 27.7. The van der Waals surface area contributed by atoms with E-state index in [1.54, 1.807) is 0 Å². The molecule has 1 unspecified atom stereocenters. The van der Waals surface area contributed by atoms with Crippen molar-refractivity contribution in [1.29, 1.82) is 0 Å². The van der Waals surface area contributed by atoms with E-state index in [0.717, 1.165) is 80.7 Å². The number of aromatic nitrogens is 3. The van der Waals surface area contributed by atoms with Gasteiger partial charge in [0, 0.05) is 24.0 Å². The standard InChI is InChI=1S/C24H36N4O3/c1-3-4-15(2)27-24-26-14-21-22(28-24)20(16-5-7-17(29)8-6-16)13-25-23(21)31-19-11-9-18(30)10-12-19/h13-19,29-30H,3-12H2,1-2H3,(H,26,27,28). The first-order valence-corrected chi connectivity index (χ1v) is 12.0. The van der Waals surface area contributed by atoms with Crippen LogP contribution in [0.25, 0.3) is 10.9 Å². The fraction of sp³-hybridized carbons (Fsp3) is 0.708. The average Bonchev–Trinajstić information content (AvgIpc) is 2.76. The fourth-order valence-corrected chi connectivity index (χ4v) is 4.91. The summed E-state index contributed by atoms with van der Waals surface area (Å²) in [6.45, 7) is 4.33. The van der Waals surface area contributed by atoms with E-state index in [9.17, 15) is 10.2 Å². The van der Waals surface area contributed by atoms with Gasteiger partial charge < -0.3 is 20.3 Å². The molecule has 2 aromatic heterocycles. The molecule has 2 fully saturated rings. The Labute approximate surface area is 184 Å². The molecule has 2 aromatic rings. The summed E-state index contributed by atoms with van der Waals surface area (Å²) < 4.78 is 6.27. The maximum Gasteiger partial charge on any atom is 0.224 e. The van der Waals surface area contributed by atoms with E-state index in [1.165, 1.54) is 0 Å². The van der Waals surface area contributed by atoms with E-state index in [4.69, 9.17) is 9.72 Å². The van der Waals surface area contributed by atoms with Crippen LogP contribution >= 0.6 is 0 Å². The van der Waals surface area contributed by atoms with Gasteiger partial charge in [-0.2, -0.15) is 0 Å². The summed E-state index contributed by atoms with van der Waals surface area (Å²) in [5.41, 5.74) is 2.03. The maximum atomic E-state index is 9.94. The molecule has 4 rings (SSSR count). The lowest BCUT2D eigenvalue weighted by molar-refractivity contribution is 0.0651. The van der Waals surface area contributed by atoms with Crippen molar-refractivity contribution in [3.05, 3.63) is 18.0 Å². The van der Waals surface area contributed by atoms with Crippen molar-refractivity contribution in [2.45, 2.75) is 108 Å². The molecule has 3 N–H and O–H groups in total. The largest absolute Gasteiger partial charge is 0.474 e. The number of nitrogens with zero attached hydrogens (tertiary/aromatic N) is 3. The lowest BCUT2D eigenvalue weighted by Gasteiger charge is -2.28. The van der Waals surface area contributed by atoms with E-state index >= 15 is 0 Å². The third-order valence-corrected chi connectivity index (χ3v) is 6.77. The zero-order valence-corrected chi connectivity index (χ0v) is 18.8. The second-order valence-electron chi connectivity index (χ2n) is 9.36. The molecule has 7 heteroatoms. The summed E-state index contributed by atoms with van der Waals surface area (Å²) in [6.07, 6.45) is 12.3. The SMILES string of the molecule is CCCC(C)Nc1ncc2c(OC3CCC(O)CC3)ncc(C3CCC(O)CC3)c2n1. The Morgan fingerprint density at radius 1 is 1.00 bits per heavy atom. The molecule has 170 valence electrons. The molecular weight excluding hydrogens is 392 g/mol. The molecule has 2 aliphatic rings. The smallest absolute Gasteiger partial charge is 0.224 e. The number of nitrogens with one attached hydrogen (secondary N) is 1. The summed E-state index contributed by atoms with van der Waals surface area (Å²) in [7, 11) is 0. The van der Waals surface area contributed by atoms with Crippen molar-refractivity contribution >= 4 is 16.9 Å². The third kappa shape index (κ3) is 5.44. The van der Waals surface area contributed by atoms with Gasteiger partial charge in [-0.05, 0) is 70.6 Å². The zero-order chi connectivity index (χ0) is 21.8. The van der Waals surface area contributed by atoms with Crippen molar-refractivity contribution in [2.75, 3.05) is 5.32 Å². The number of aliphatic hydroxyl groups excluding tert-OH is 2. The molecule has 7 nitrogen and oxygen atoms in total. The van der Waals surface area contributed by atoms with Crippen LogP contribution in [0.5, 0.6) is 5.88 Å². The molecule has 2 saturated carbocycles. The number of hydrogen-bond acceptors (Lipinski definition) is 7. The second kappa shape index (κ2) is 10.1.